The lowest BCUT2D eigenvalue weighted by molar-refractivity contribution is -0.116. The molecule has 1 heterocycles. The van der Waals surface area contributed by atoms with Crippen molar-refractivity contribution < 1.29 is 17.9 Å². The quantitative estimate of drug-likeness (QED) is 0.796. The van der Waals surface area contributed by atoms with E-state index in [0.717, 1.165) is 12.8 Å². The first-order valence-electron chi connectivity index (χ1n) is 7.97. The van der Waals surface area contributed by atoms with Crippen molar-refractivity contribution in [1.82, 2.24) is 4.31 Å². The molecule has 0 fully saturated rings. The van der Waals surface area contributed by atoms with Crippen LogP contribution in [0, 0.1) is 0 Å². The summed E-state index contributed by atoms with van der Waals surface area (Å²) in [5.41, 5.74) is 0.526. The molecule has 128 valence electrons. The monoisotopic (exact) mass is 340 g/mol. The summed E-state index contributed by atoms with van der Waals surface area (Å²) in [6.07, 6.45) is 1.51. The zero-order valence-corrected chi connectivity index (χ0v) is 14.7. The van der Waals surface area contributed by atoms with Gasteiger partial charge in [0, 0.05) is 20.0 Å². The van der Waals surface area contributed by atoms with E-state index < -0.39 is 10.0 Å². The highest BCUT2D eigenvalue weighted by Gasteiger charge is 2.27. The number of amides is 1. The van der Waals surface area contributed by atoms with Crippen LogP contribution in [0.2, 0.25) is 0 Å². The molecule has 7 heteroatoms. The first-order valence-corrected chi connectivity index (χ1v) is 9.41. The average Bonchev–Trinajstić information content (AvgIpc) is 2.53. The fraction of sp³-hybridized carbons (Fsp3) is 0.562. The molecule has 23 heavy (non-hydrogen) atoms. The molecule has 0 aromatic heterocycles. The van der Waals surface area contributed by atoms with Gasteiger partial charge < -0.3 is 9.64 Å². The summed E-state index contributed by atoms with van der Waals surface area (Å²) in [5, 5.41) is 0. The Balaban J connectivity index is 2.44. The minimum atomic E-state index is -3.57. The fourth-order valence-electron chi connectivity index (χ4n) is 2.69. The van der Waals surface area contributed by atoms with Gasteiger partial charge in [0.15, 0.2) is 0 Å². The van der Waals surface area contributed by atoms with Gasteiger partial charge in [0.05, 0.1) is 17.1 Å². The number of anilines is 1. The van der Waals surface area contributed by atoms with Gasteiger partial charge in [-0.25, -0.2) is 8.42 Å². The number of carbonyl (C=O) groups is 1. The first-order chi connectivity index (χ1) is 10.9. The predicted octanol–water partition coefficient (Wildman–Crippen LogP) is 2.24. The number of hydrogen-bond acceptors (Lipinski definition) is 4. The van der Waals surface area contributed by atoms with Gasteiger partial charge in [-0.05, 0) is 31.0 Å². The van der Waals surface area contributed by atoms with Crippen LogP contribution in [0.5, 0.6) is 5.75 Å². The molecule has 0 saturated heterocycles. The number of hydrogen-bond donors (Lipinski definition) is 0. The third-order valence-electron chi connectivity index (χ3n) is 3.76. The molecule has 0 bridgehead atoms. The molecule has 1 aliphatic heterocycles. The average molecular weight is 340 g/mol. The summed E-state index contributed by atoms with van der Waals surface area (Å²) >= 11 is 0. The van der Waals surface area contributed by atoms with Gasteiger partial charge in [-0.15, -0.1) is 0 Å². The van der Waals surface area contributed by atoms with Crippen molar-refractivity contribution in [2.24, 2.45) is 0 Å². The van der Waals surface area contributed by atoms with Crippen molar-refractivity contribution in [3.63, 3.8) is 0 Å². The second kappa shape index (κ2) is 7.31. The summed E-state index contributed by atoms with van der Waals surface area (Å²) in [6.45, 7) is 7.19. The Labute approximate surface area is 138 Å². The maximum absolute atomic E-state index is 12.9. The number of fused-ring (bicyclic) bond motifs is 1. The summed E-state index contributed by atoms with van der Waals surface area (Å²) in [7, 11) is -3.57. The van der Waals surface area contributed by atoms with Crippen LogP contribution in [0.1, 0.15) is 33.6 Å². The van der Waals surface area contributed by atoms with E-state index in [9.17, 15) is 13.2 Å². The fourth-order valence-corrected chi connectivity index (χ4v) is 4.33. The smallest absolute Gasteiger partial charge is 0.243 e. The predicted molar refractivity (Wildman–Crippen MR) is 89.3 cm³/mol. The number of benzene rings is 1. The normalized spacial score (nSPS) is 14.5. The van der Waals surface area contributed by atoms with E-state index in [0.29, 0.717) is 37.7 Å². The Morgan fingerprint density at radius 2 is 1.91 bits per heavy atom. The Hall–Kier alpha value is -1.60. The highest BCUT2D eigenvalue weighted by atomic mass is 32.2. The number of ether oxygens (including phenoxy) is 1. The number of rotatable bonds is 6. The third kappa shape index (κ3) is 3.67. The maximum atomic E-state index is 12.9. The summed E-state index contributed by atoms with van der Waals surface area (Å²) in [5.74, 6) is 0.422. The van der Waals surface area contributed by atoms with Crippen molar-refractivity contribution >= 4 is 21.6 Å². The molecule has 0 saturated carbocycles. The molecular formula is C16H24N2O4S. The molecule has 1 aliphatic rings. The van der Waals surface area contributed by atoms with Crippen molar-refractivity contribution in [1.29, 1.82) is 0 Å². The molecule has 0 atom stereocenters. The minimum absolute atomic E-state index is 0.122. The van der Waals surface area contributed by atoms with Crippen LogP contribution in [-0.4, -0.2) is 44.9 Å². The molecule has 1 aromatic rings. The summed E-state index contributed by atoms with van der Waals surface area (Å²) in [6, 6.07) is 4.73. The number of nitrogens with zero attached hydrogens (tertiary/aromatic N) is 2. The second-order valence-electron chi connectivity index (χ2n) is 5.55. The molecule has 0 N–H and O–H groups in total. The van der Waals surface area contributed by atoms with E-state index in [1.807, 2.05) is 13.8 Å². The Morgan fingerprint density at radius 3 is 2.48 bits per heavy atom. The van der Waals surface area contributed by atoms with Gasteiger partial charge in [0.1, 0.15) is 12.4 Å². The van der Waals surface area contributed by atoms with Gasteiger partial charge >= 0.3 is 0 Å². The molecule has 0 radical (unpaired) electrons. The van der Waals surface area contributed by atoms with Crippen molar-refractivity contribution in [3.8, 4) is 5.75 Å². The Morgan fingerprint density at radius 1 is 1.26 bits per heavy atom. The Bertz CT molecular complexity index is 667. The molecule has 0 aliphatic carbocycles. The van der Waals surface area contributed by atoms with E-state index in [2.05, 4.69) is 0 Å². The zero-order chi connectivity index (χ0) is 17.0. The summed E-state index contributed by atoms with van der Waals surface area (Å²) in [4.78, 5) is 13.5. The maximum Gasteiger partial charge on any atom is 0.243 e. The van der Waals surface area contributed by atoms with Crippen molar-refractivity contribution in [2.45, 2.75) is 38.5 Å². The standard InChI is InChI=1S/C16H24N2O4S/c1-4-8-17(9-5-2)23(20,21)14-6-7-16-15(12-14)18(13(3)19)10-11-22-16/h6-7,12H,4-5,8-11H2,1-3H3. The van der Waals surface area contributed by atoms with Gasteiger partial charge in [-0.1, -0.05) is 13.8 Å². The van der Waals surface area contributed by atoms with Crippen LogP contribution in [0.4, 0.5) is 5.69 Å². The van der Waals surface area contributed by atoms with Crippen LogP contribution in [0.25, 0.3) is 0 Å². The van der Waals surface area contributed by atoms with E-state index in [4.69, 9.17) is 4.74 Å². The topological polar surface area (TPSA) is 66.9 Å². The van der Waals surface area contributed by atoms with Gasteiger partial charge in [-0.2, -0.15) is 4.31 Å². The van der Waals surface area contributed by atoms with Crippen LogP contribution >= 0.6 is 0 Å². The van der Waals surface area contributed by atoms with Gasteiger partial charge in [0.2, 0.25) is 15.9 Å². The minimum Gasteiger partial charge on any atom is -0.490 e. The summed E-state index contributed by atoms with van der Waals surface area (Å²) < 4.78 is 32.7. The molecule has 6 nitrogen and oxygen atoms in total. The SMILES string of the molecule is CCCN(CCC)S(=O)(=O)c1ccc2c(c1)N(C(C)=O)CCO2. The molecule has 0 spiro atoms. The highest BCUT2D eigenvalue weighted by Crippen LogP contribution is 2.34. The molecular weight excluding hydrogens is 316 g/mol. The highest BCUT2D eigenvalue weighted by molar-refractivity contribution is 7.89. The van der Waals surface area contributed by atoms with Gasteiger partial charge in [-0.3, -0.25) is 4.79 Å². The lowest BCUT2D eigenvalue weighted by Gasteiger charge is -2.29. The van der Waals surface area contributed by atoms with Crippen LogP contribution < -0.4 is 9.64 Å². The molecule has 1 aromatic carbocycles. The molecule has 2 rings (SSSR count). The largest absolute Gasteiger partial charge is 0.490 e. The third-order valence-corrected chi connectivity index (χ3v) is 5.65. The Kier molecular flexibility index (Phi) is 5.64. The van der Waals surface area contributed by atoms with Crippen molar-refractivity contribution in [2.75, 3.05) is 31.1 Å². The lowest BCUT2D eigenvalue weighted by Crippen LogP contribution is -2.37. The lowest BCUT2D eigenvalue weighted by atomic mass is 10.2. The molecule has 1 amide bonds. The van der Waals surface area contributed by atoms with Crippen LogP contribution in [0.15, 0.2) is 23.1 Å². The van der Waals surface area contributed by atoms with E-state index in [-0.39, 0.29) is 10.8 Å². The van der Waals surface area contributed by atoms with E-state index in [1.54, 1.807) is 23.1 Å². The van der Waals surface area contributed by atoms with Crippen LogP contribution in [0.3, 0.4) is 0 Å². The van der Waals surface area contributed by atoms with E-state index in [1.165, 1.54) is 11.2 Å². The number of carbonyl (C=O) groups excluding carboxylic acids is 1. The second-order valence-corrected chi connectivity index (χ2v) is 7.49. The van der Waals surface area contributed by atoms with E-state index >= 15 is 0 Å². The van der Waals surface area contributed by atoms with Crippen LogP contribution in [-0.2, 0) is 14.8 Å². The number of sulfonamides is 1. The molecule has 0 unspecified atom stereocenters. The van der Waals surface area contributed by atoms with Gasteiger partial charge in [0.25, 0.3) is 0 Å². The zero-order valence-electron chi connectivity index (χ0n) is 13.9. The van der Waals surface area contributed by atoms with Crippen molar-refractivity contribution in [3.05, 3.63) is 18.2 Å². The first kappa shape index (κ1) is 17.7.